The van der Waals surface area contributed by atoms with E-state index < -0.39 is 5.97 Å². The predicted octanol–water partition coefficient (Wildman–Crippen LogP) is 1.06. The summed E-state index contributed by atoms with van der Waals surface area (Å²) in [6.45, 7) is 5.36. The number of rotatable bonds is 6. The Morgan fingerprint density at radius 2 is 2.00 bits per heavy atom. The van der Waals surface area contributed by atoms with Crippen molar-refractivity contribution in [3.63, 3.8) is 0 Å². The van der Waals surface area contributed by atoms with E-state index in [1.807, 2.05) is 13.8 Å². The van der Waals surface area contributed by atoms with Crippen molar-refractivity contribution in [1.82, 2.24) is 20.3 Å². The van der Waals surface area contributed by atoms with Crippen molar-refractivity contribution >= 4 is 23.5 Å². The van der Waals surface area contributed by atoms with Crippen LogP contribution in [0.15, 0.2) is 24.4 Å². The van der Waals surface area contributed by atoms with E-state index in [2.05, 4.69) is 20.9 Å². The molecule has 0 saturated carbocycles. The fraction of sp³-hybridized carbons (Fsp3) is 0.312. The molecule has 3 N–H and O–H groups in total. The van der Waals surface area contributed by atoms with Crippen LogP contribution in [-0.4, -0.2) is 43.9 Å². The van der Waals surface area contributed by atoms with E-state index in [9.17, 15) is 14.4 Å². The highest BCUT2D eigenvalue weighted by molar-refractivity contribution is 5.97. The lowest BCUT2D eigenvalue weighted by Gasteiger charge is -2.12. The van der Waals surface area contributed by atoms with Crippen molar-refractivity contribution in [2.45, 2.75) is 33.4 Å². The van der Waals surface area contributed by atoms with Gasteiger partial charge in [-0.15, -0.1) is 5.10 Å². The summed E-state index contributed by atoms with van der Waals surface area (Å²) in [6, 6.07) is 4.99. The minimum atomic E-state index is -1.21. The first kappa shape index (κ1) is 18.1. The largest absolute Gasteiger partial charge is 0.476 e. The maximum Gasteiger partial charge on any atom is 0.358 e. The number of aromatic carboxylic acids is 1. The molecule has 1 aromatic carbocycles. The lowest BCUT2D eigenvalue weighted by atomic mass is 10.1. The highest BCUT2D eigenvalue weighted by atomic mass is 16.4. The van der Waals surface area contributed by atoms with Gasteiger partial charge in [0.2, 0.25) is 5.91 Å². The molecule has 0 saturated heterocycles. The number of carboxylic acid groups (broad SMARTS) is 1. The van der Waals surface area contributed by atoms with Crippen molar-refractivity contribution in [3.8, 4) is 0 Å². The van der Waals surface area contributed by atoms with Crippen LogP contribution in [0.25, 0.3) is 0 Å². The Morgan fingerprint density at radius 1 is 1.28 bits per heavy atom. The van der Waals surface area contributed by atoms with Gasteiger partial charge < -0.3 is 15.7 Å². The number of benzene rings is 1. The van der Waals surface area contributed by atoms with E-state index in [0.717, 1.165) is 10.2 Å². The highest BCUT2D eigenvalue weighted by Crippen LogP contribution is 2.15. The molecule has 0 unspecified atom stereocenters. The molecule has 0 spiro atoms. The number of carboxylic acids is 1. The molecule has 1 heterocycles. The van der Waals surface area contributed by atoms with Crippen LogP contribution in [0.4, 0.5) is 5.69 Å². The molecule has 9 heteroatoms. The van der Waals surface area contributed by atoms with Gasteiger partial charge in [-0.05, 0) is 44.5 Å². The number of hydrogen-bond donors (Lipinski definition) is 3. The second-order valence-corrected chi connectivity index (χ2v) is 5.81. The molecule has 0 aliphatic heterocycles. The molecule has 0 bridgehead atoms. The number of aromatic nitrogens is 3. The Bertz CT molecular complexity index is 813. The number of amides is 2. The first-order valence-corrected chi connectivity index (χ1v) is 7.61. The summed E-state index contributed by atoms with van der Waals surface area (Å²) in [5.41, 5.74) is 1.56. The fourth-order valence-corrected chi connectivity index (χ4v) is 2.16. The molecule has 2 aromatic rings. The number of nitrogens with one attached hydrogen (secondary N) is 2. The summed E-state index contributed by atoms with van der Waals surface area (Å²) in [5.74, 6) is -1.77. The first-order valence-electron chi connectivity index (χ1n) is 7.61. The minimum Gasteiger partial charge on any atom is -0.476 e. The quantitative estimate of drug-likeness (QED) is 0.718. The Kier molecular flexibility index (Phi) is 5.48. The Morgan fingerprint density at radius 3 is 2.56 bits per heavy atom. The average molecular weight is 345 g/mol. The van der Waals surface area contributed by atoms with Gasteiger partial charge in [0.05, 0.1) is 6.20 Å². The smallest absolute Gasteiger partial charge is 0.358 e. The summed E-state index contributed by atoms with van der Waals surface area (Å²) >= 11 is 0. The van der Waals surface area contributed by atoms with Gasteiger partial charge in [-0.3, -0.25) is 9.59 Å². The molecule has 25 heavy (non-hydrogen) atoms. The van der Waals surface area contributed by atoms with Gasteiger partial charge in [0.15, 0.2) is 5.69 Å². The number of carbonyl (C=O) groups excluding carboxylic acids is 2. The van der Waals surface area contributed by atoms with Gasteiger partial charge in [-0.1, -0.05) is 5.21 Å². The third-order valence-corrected chi connectivity index (χ3v) is 3.24. The zero-order chi connectivity index (χ0) is 18.6. The van der Waals surface area contributed by atoms with E-state index in [0.29, 0.717) is 11.3 Å². The zero-order valence-corrected chi connectivity index (χ0v) is 14.1. The van der Waals surface area contributed by atoms with Crippen LogP contribution in [0, 0.1) is 6.92 Å². The van der Waals surface area contributed by atoms with E-state index in [-0.39, 0.29) is 30.1 Å². The monoisotopic (exact) mass is 345 g/mol. The molecule has 2 amide bonds. The van der Waals surface area contributed by atoms with Crippen molar-refractivity contribution in [1.29, 1.82) is 0 Å². The highest BCUT2D eigenvalue weighted by Gasteiger charge is 2.13. The van der Waals surface area contributed by atoms with E-state index >= 15 is 0 Å². The predicted molar refractivity (Wildman–Crippen MR) is 89.4 cm³/mol. The molecule has 1 aromatic heterocycles. The zero-order valence-electron chi connectivity index (χ0n) is 14.1. The summed E-state index contributed by atoms with van der Waals surface area (Å²) in [6.07, 6.45) is 1.17. The third kappa shape index (κ3) is 4.87. The molecule has 0 fully saturated rings. The number of nitrogens with zero attached hydrogens (tertiary/aromatic N) is 3. The molecule has 0 aliphatic carbocycles. The molecule has 2 rings (SSSR count). The lowest BCUT2D eigenvalue weighted by Crippen LogP contribution is -2.30. The summed E-state index contributed by atoms with van der Waals surface area (Å²) in [5, 5.41) is 21.3. The summed E-state index contributed by atoms with van der Waals surface area (Å²) < 4.78 is 1.14. The fourth-order valence-electron chi connectivity index (χ4n) is 2.16. The summed E-state index contributed by atoms with van der Waals surface area (Å²) in [4.78, 5) is 34.8. The minimum absolute atomic E-state index is 0.0321. The van der Waals surface area contributed by atoms with Gasteiger partial charge in [0.1, 0.15) is 6.54 Å². The topological polar surface area (TPSA) is 126 Å². The van der Waals surface area contributed by atoms with Gasteiger partial charge >= 0.3 is 5.97 Å². The number of carbonyl (C=O) groups is 3. The van der Waals surface area contributed by atoms with Crippen LogP contribution in [0.5, 0.6) is 0 Å². The van der Waals surface area contributed by atoms with Crippen LogP contribution < -0.4 is 10.6 Å². The Labute approximate surface area is 144 Å². The van der Waals surface area contributed by atoms with Crippen LogP contribution >= 0.6 is 0 Å². The average Bonchev–Trinajstić information content (AvgIpc) is 2.95. The van der Waals surface area contributed by atoms with Gasteiger partial charge in [0.25, 0.3) is 5.91 Å². The summed E-state index contributed by atoms with van der Waals surface area (Å²) in [7, 11) is 0. The molecular formula is C16H19N5O4. The molecule has 0 atom stereocenters. The molecule has 9 nitrogen and oxygen atoms in total. The van der Waals surface area contributed by atoms with Gasteiger partial charge in [-0.2, -0.15) is 0 Å². The van der Waals surface area contributed by atoms with Crippen molar-refractivity contribution in [2.24, 2.45) is 0 Å². The maximum atomic E-state index is 12.0. The molecule has 0 radical (unpaired) electrons. The standard InChI is InChI=1S/C16H19N5O4/c1-9(2)17-15(23)12-5-4-11(6-10(12)3)18-14(22)8-21-7-13(16(24)25)19-20-21/h4-7,9H,8H2,1-3H3,(H,17,23)(H,18,22)(H,24,25). The van der Waals surface area contributed by atoms with E-state index in [4.69, 9.17) is 5.11 Å². The molecule has 0 aliphatic rings. The van der Waals surface area contributed by atoms with E-state index in [1.54, 1.807) is 25.1 Å². The Balaban J connectivity index is 2.02. The van der Waals surface area contributed by atoms with Crippen LogP contribution in [0.3, 0.4) is 0 Å². The number of hydrogen-bond acceptors (Lipinski definition) is 5. The SMILES string of the molecule is Cc1cc(NC(=O)Cn2cc(C(=O)O)nn2)ccc1C(=O)NC(C)C. The number of aryl methyl sites for hydroxylation is 1. The van der Waals surface area contributed by atoms with Crippen molar-refractivity contribution in [3.05, 3.63) is 41.2 Å². The van der Waals surface area contributed by atoms with Crippen molar-refractivity contribution < 1.29 is 19.5 Å². The van der Waals surface area contributed by atoms with Crippen LogP contribution in [0.2, 0.25) is 0 Å². The van der Waals surface area contributed by atoms with Crippen LogP contribution in [0.1, 0.15) is 40.3 Å². The second kappa shape index (κ2) is 7.56. The first-order chi connectivity index (χ1) is 11.8. The van der Waals surface area contributed by atoms with Crippen LogP contribution in [-0.2, 0) is 11.3 Å². The maximum absolute atomic E-state index is 12.0. The third-order valence-electron chi connectivity index (χ3n) is 3.24. The lowest BCUT2D eigenvalue weighted by molar-refractivity contribution is -0.116. The second-order valence-electron chi connectivity index (χ2n) is 5.81. The Hall–Kier alpha value is -3.23. The van der Waals surface area contributed by atoms with E-state index in [1.165, 1.54) is 6.20 Å². The number of anilines is 1. The van der Waals surface area contributed by atoms with Gasteiger partial charge in [0, 0.05) is 17.3 Å². The van der Waals surface area contributed by atoms with Gasteiger partial charge in [-0.25, -0.2) is 9.48 Å². The molecular weight excluding hydrogens is 326 g/mol. The van der Waals surface area contributed by atoms with Crippen molar-refractivity contribution in [2.75, 3.05) is 5.32 Å². The molecule has 132 valence electrons. The normalized spacial score (nSPS) is 10.6.